The number of rotatable bonds is 20. The minimum Gasteiger partial charge on any atom is -0.445 e. The summed E-state index contributed by atoms with van der Waals surface area (Å²) in [6.45, 7) is 8.31. The maximum Gasteiger partial charge on any atom is 0.408 e. The van der Waals surface area contributed by atoms with E-state index >= 15 is 0 Å². The second kappa shape index (κ2) is 21.0. The molecule has 4 amide bonds. The molecule has 11 heteroatoms. The number of benzene rings is 2. The van der Waals surface area contributed by atoms with E-state index in [9.17, 15) is 24.3 Å². The molecule has 254 valence electrons. The number of carbonyl (C=O) groups is 4. The number of hydrogen-bond acceptors (Lipinski definition) is 7. The van der Waals surface area contributed by atoms with Crippen LogP contribution >= 0.6 is 0 Å². The van der Waals surface area contributed by atoms with E-state index in [1.165, 1.54) is 0 Å². The first kappa shape index (κ1) is 38.2. The summed E-state index contributed by atoms with van der Waals surface area (Å²) >= 11 is 0. The normalized spacial score (nSPS) is 14.3. The molecule has 2 rings (SSSR count). The molecule has 0 aromatic heterocycles. The first-order valence-corrected chi connectivity index (χ1v) is 16.3. The van der Waals surface area contributed by atoms with Gasteiger partial charge >= 0.3 is 6.09 Å². The molecule has 0 aliphatic heterocycles. The number of carbonyl (C=O) groups excluding carboxylic acids is 4. The Morgan fingerprint density at radius 2 is 1.46 bits per heavy atom. The van der Waals surface area contributed by atoms with E-state index in [2.05, 4.69) is 21.3 Å². The molecule has 0 bridgehead atoms. The van der Waals surface area contributed by atoms with Gasteiger partial charge in [0.2, 0.25) is 17.7 Å². The zero-order valence-electron chi connectivity index (χ0n) is 27.7. The molecule has 2 aromatic carbocycles. The van der Waals surface area contributed by atoms with Crippen LogP contribution in [0.1, 0.15) is 70.9 Å². The Morgan fingerprint density at radius 1 is 0.826 bits per heavy atom. The Balaban J connectivity index is 2.13. The fourth-order valence-corrected chi connectivity index (χ4v) is 4.91. The monoisotopic (exact) mass is 639 g/mol. The minimum absolute atomic E-state index is 0.0407. The molecule has 0 fully saturated rings. The Morgan fingerprint density at radius 3 is 2.04 bits per heavy atom. The average molecular weight is 640 g/mol. The van der Waals surface area contributed by atoms with Gasteiger partial charge in [0.25, 0.3) is 0 Å². The highest BCUT2D eigenvalue weighted by Crippen LogP contribution is 2.15. The number of nitrogens with two attached hydrogens (primary N) is 1. The molecule has 0 unspecified atom stereocenters. The fraction of sp³-hybridized carbons (Fsp3) is 0.543. The first-order valence-electron chi connectivity index (χ1n) is 16.3. The lowest BCUT2D eigenvalue weighted by Crippen LogP contribution is -2.58. The number of amides is 4. The van der Waals surface area contributed by atoms with Crippen molar-refractivity contribution in [1.29, 1.82) is 0 Å². The van der Waals surface area contributed by atoms with Crippen LogP contribution in [-0.4, -0.2) is 66.2 Å². The van der Waals surface area contributed by atoms with Crippen LogP contribution in [0.2, 0.25) is 0 Å². The minimum atomic E-state index is -1.03. The summed E-state index contributed by atoms with van der Waals surface area (Å²) < 4.78 is 5.30. The van der Waals surface area contributed by atoms with E-state index in [0.717, 1.165) is 24.0 Å². The third kappa shape index (κ3) is 14.0. The van der Waals surface area contributed by atoms with Crippen molar-refractivity contribution < 1.29 is 29.0 Å². The molecule has 0 saturated carbocycles. The standard InChI is InChI=1S/C35H53N5O6/c1-5-6-20-37-32(42)25(4)21-30(41)29(22-26-14-9-7-10-15-26)38-34(44)31(24(2)3)40-33(43)28(18-13-19-36)39-35(45)46-23-27-16-11-8-12-17-27/h7-12,14-17,24-25,28-31,41H,5-6,13,18-23,36H2,1-4H3,(H,37,42)(H,38,44)(H,39,45)(H,40,43)/t25-,28+,29+,30+,31+/m1/s1. The van der Waals surface area contributed by atoms with Gasteiger partial charge in [-0.05, 0) is 55.7 Å². The summed E-state index contributed by atoms with van der Waals surface area (Å²) in [5, 5.41) is 22.5. The number of nitrogens with one attached hydrogen (secondary N) is 4. The third-order valence-corrected chi connectivity index (χ3v) is 7.73. The Kier molecular flexibility index (Phi) is 17.4. The second-order valence-electron chi connectivity index (χ2n) is 12.1. The van der Waals surface area contributed by atoms with Crippen LogP contribution in [0.3, 0.4) is 0 Å². The van der Waals surface area contributed by atoms with Gasteiger partial charge in [-0.15, -0.1) is 0 Å². The molecule has 7 N–H and O–H groups in total. The first-order chi connectivity index (χ1) is 22.0. The molecule has 0 spiro atoms. The van der Waals surface area contributed by atoms with Crippen molar-refractivity contribution in [3.05, 3.63) is 71.8 Å². The van der Waals surface area contributed by atoms with Crippen LogP contribution in [0.4, 0.5) is 4.79 Å². The van der Waals surface area contributed by atoms with Crippen LogP contribution < -0.4 is 27.0 Å². The highest BCUT2D eigenvalue weighted by molar-refractivity contribution is 5.91. The summed E-state index contributed by atoms with van der Waals surface area (Å²) in [5.41, 5.74) is 7.38. The number of unbranched alkanes of at least 4 members (excludes halogenated alkanes) is 1. The maximum absolute atomic E-state index is 13.7. The number of alkyl carbamates (subject to hydrolysis) is 1. The Labute approximate surface area is 273 Å². The zero-order chi connectivity index (χ0) is 33.9. The predicted molar refractivity (Wildman–Crippen MR) is 178 cm³/mol. The SMILES string of the molecule is CCCCNC(=O)[C@H](C)C[C@H](O)[C@H](Cc1ccccc1)NC(=O)[C@@H](NC(=O)[C@H](CCCN)NC(=O)OCc1ccccc1)C(C)C. The highest BCUT2D eigenvalue weighted by atomic mass is 16.5. The number of ether oxygens (including phenoxy) is 1. The van der Waals surface area contributed by atoms with Crippen molar-refractivity contribution in [3.63, 3.8) is 0 Å². The summed E-state index contributed by atoms with van der Waals surface area (Å²) in [4.78, 5) is 52.3. The molecule has 0 aliphatic carbocycles. The summed E-state index contributed by atoms with van der Waals surface area (Å²) in [5.74, 6) is -1.97. The van der Waals surface area contributed by atoms with Crippen LogP contribution in [0, 0.1) is 11.8 Å². The summed E-state index contributed by atoms with van der Waals surface area (Å²) in [7, 11) is 0. The molecule has 5 atom stereocenters. The van der Waals surface area contributed by atoms with Gasteiger partial charge in [-0.1, -0.05) is 94.8 Å². The lowest BCUT2D eigenvalue weighted by atomic mass is 9.92. The Bertz CT molecular complexity index is 1200. The van der Waals surface area contributed by atoms with Gasteiger partial charge in [0.1, 0.15) is 18.7 Å². The van der Waals surface area contributed by atoms with E-state index in [4.69, 9.17) is 10.5 Å². The predicted octanol–water partition coefficient (Wildman–Crippen LogP) is 3.19. The largest absolute Gasteiger partial charge is 0.445 e. The molecule has 0 saturated heterocycles. The lowest BCUT2D eigenvalue weighted by Gasteiger charge is -2.30. The van der Waals surface area contributed by atoms with Gasteiger partial charge in [-0.3, -0.25) is 14.4 Å². The Hall–Kier alpha value is -3.96. The molecule has 0 aliphatic rings. The molecule has 11 nitrogen and oxygen atoms in total. The number of aliphatic hydroxyl groups is 1. The van der Waals surface area contributed by atoms with Gasteiger partial charge in [-0.25, -0.2) is 4.79 Å². The van der Waals surface area contributed by atoms with Gasteiger partial charge < -0.3 is 36.8 Å². The summed E-state index contributed by atoms with van der Waals surface area (Å²) in [6, 6.07) is 15.9. The van der Waals surface area contributed by atoms with Crippen LogP contribution in [0.5, 0.6) is 0 Å². The highest BCUT2D eigenvalue weighted by Gasteiger charge is 2.32. The molecular weight excluding hydrogens is 586 g/mol. The molecule has 0 radical (unpaired) electrons. The van der Waals surface area contributed by atoms with Gasteiger partial charge in [0, 0.05) is 12.5 Å². The van der Waals surface area contributed by atoms with E-state index in [1.54, 1.807) is 20.8 Å². The maximum atomic E-state index is 13.7. The van der Waals surface area contributed by atoms with Crippen LogP contribution in [-0.2, 0) is 32.1 Å². The van der Waals surface area contributed by atoms with Gasteiger partial charge in [0.15, 0.2) is 0 Å². The molecule has 46 heavy (non-hydrogen) atoms. The topological polar surface area (TPSA) is 172 Å². The van der Waals surface area contributed by atoms with E-state index in [1.807, 2.05) is 67.6 Å². The fourth-order valence-electron chi connectivity index (χ4n) is 4.91. The third-order valence-electron chi connectivity index (χ3n) is 7.73. The van der Waals surface area contributed by atoms with Gasteiger partial charge in [0.05, 0.1) is 12.1 Å². The van der Waals surface area contributed by atoms with E-state index in [0.29, 0.717) is 25.9 Å². The quantitative estimate of drug-likeness (QED) is 0.121. The van der Waals surface area contributed by atoms with Crippen molar-refractivity contribution >= 4 is 23.8 Å². The van der Waals surface area contributed by atoms with Crippen molar-refractivity contribution in [1.82, 2.24) is 21.3 Å². The molecule has 0 heterocycles. The number of hydrogen-bond donors (Lipinski definition) is 6. The van der Waals surface area contributed by atoms with E-state index < -0.39 is 48.1 Å². The van der Waals surface area contributed by atoms with Crippen molar-refractivity contribution in [3.8, 4) is 0 Å². The van der Waals surface area contributed by atoms with Crippen LogP contribution in [0.25, 0.3) is 0 Å². The van der Waals surface area contributed by atoms with E-state index in [-0.39, 0.29) is 31.3 Å². The van der Waals surface area contributed by atoms with Crippen molar-refractivity contribution in [2.45, 2.75) is 97.1 Å². The number of aliphatic hydroxyl groups excluding tert-OH is 1. The van der Waals surface area contributed by atoms with Crippen molar-refractivity contribution in [2.75, 3.05) is 13.1 Å². The zero-order valence-corrected chi connectivity index (χ0v) is 27.7. The lowest BCUT2D eigenvalue weighted by molar-refractivity contribution is -0.132. The average Bonchev–Trinajstić information content (AvgIpc) is 3.04. The van der Waals surface area contributed by atoms with Crippen molar-refractivity contribution in [2.24, 2.45) is 17.6 Å². The molecular formula is C35H53N5O6. The summed E-state index contributed by atoms with van der Waals surface area (Å²) in [6.07, 6.45) is 1.22. The second-order valence-corrected chi connectivity index (χ2v) is 12.1. The molecule has 2 aromatic rings. The van der Waals surface area contributed by atoms with Crippen LogP contribution in [0.15, 0.2) is 60.7 Å². The van der Waals surface area contributed by atoms with Gasteiger partial charge in [-0.2, -0.15) is 0 Å². The smallest absolute Gasteiger partial charge is 0.408 e.